The Morgan fingerprint density at radius 3 is 2.65 bits per heavy atom. The second-order valence-corrected chi connectivity index (χ2v) is 6.18. The summed E-state index contributed by atoms with van der Waals surface area (Å²) in [5.41, 5.74) is 2.27. The van der Waals surface area contributed by atoms with Crippen molar-refractivity contribution in [2.24, 2.45) is 11.8 Å². The number of ether oxygens (including phenoxy) is 1. The summed E-state index contributed by atoms with van der Waals surface area (Å²) in [7, 11) is 0. The third-order valence-corrected chi connectivity index (χ3v) is 3.17. The molecule has 0 spiro atoms. The minimum atomic E-state index is 0.588. The normalized spacial score (nSPS) is 12.7. The third kappa shape index (κ3) is 6.90. The monoisotopic (exact) mass is 278 g/mol. The molecule has 0 fully saturated rings. The van der Waals surface area contributed by atoms with E-state index in [0.717, 1.165) is 31.3 Å². The quantitative estimate of drug-likeness (QED) is 0.742. The van der Waals surface area contributed by atoms with Gasteiger partial charge in [-0.15, -0.1) is 0 Å². The maximum absolute atomic E-state index is 5.83. The van der Waals surface area contributed by atoms with Crippen LogP contribution in [-0.2, 0) is 6.54 Å². The Hall–Kier alpha value is -1.09. The first-order chi connectivity index (χ1) is 9.51. The van der Waals surface area contributed by atoms with E-state index < -0.39 is 0 Å². The van der Waals surface area contributed by atoms with Crippen LogP contribution in [0, 0.1) is 18.8 Å². The van der Waals surface area contributed by atoms with Gasteiger partial charge in [0.2, 0.25) is 5.88 Å². The standard InChI is InChI=1S/C17H30N2O/c1-6-7-14(4)12-20-17-9-16(8-15(5)19-17)11-18-10-13(2)3/h8-9,13-14,18H,6-7,10-12H2,1-5H3. The van der Waals surface area contributed by atoms with Gasteiger partial charge in [0, 0.05) is 18.3 Å². The van der Waals surface area contributed by atoms with Crippen LogP contribution in [0.15, 0.2) is 12.1 Å². The van der Waals surface area contributed by atoms with Gasteiger partial charge in [-0.1, -0.05) is 34.1 Å². The molecule has 1 heterocycles. The van der Waals surface area contributed by atoms with Crippen LogP contribution in [0.1, 0.15) is 51.8 Å². The molecular weight excluding hydrogens is 248 g/mol. The van der Waals surface area contributed by atoms with E-state index in [1.807, 2.05) is 6.92 Å². The predicted molar refractivity (Wildman–Crippen MR) is 85.1 cm³/mol. The lowest BCUT2D eigenvalue weighted by molar-refractivity contribution is 0.242. The summed E-state index contributed by atoms with van der Waals surface area (Å²) >= 11 is 0. The Balaban J connectivity index is 2.52. The van der Waals surface area contributed by atoms with Crippen molar-refractivity contribution < 1.29 is 4.74 Å². The van der Waals surface area contributed by atoms with Gasteiger partial charge in [0.25, 0.3) is 0 Å². The fourth-order valence-electron chi connectivity index (χ4n) is 2.19. The van der Waals surface area contributed by atoms with E-state index in [-0.39, 0.29) is 0 Å². The van der Waals surface area contributed by atoms with Gasteiger partial charge in [-0.2, -0.15) is 0 Å². The zero-order chi connectivity index (χ0) is 15.0. The van der Waals surface area contributed by atoms with Crippen LogP contribution in [0.4, 0.5) is 0 Å². The van der Waals surface area contributed by atoms with Crippen LogP contribution >= 0.6 is 0 Å². The SMILES string of the molecule is CCCC(C)COc1cc(CNCC(C)C)cc(C)n1. The highest BCUT2D eigenvalue weighted by Gasteiger charge is 2.05. The zero-order valence-electron chi connectivity index (χ0n) is 13.7. The van der Waals surface area contributed by atoms with Crippen molar-refractivity contribution >= 4 is 0 Å². The van der Waals surface area contributed by atoms with E-state index in [4.69, 9.17) is 4.74 Å². The number of pyridine rings is 1. The summed E-state index contributed by atoms with van der Waals surface area (Å²) in [5, 5.41) is 3.46. The highest BCUT2D eigenvalue weighted by Crippen LogP contribution is 2.14. The first-order valence-corrected chi connectivity index (χ1v) is 7.82. The molecule has 0 saturated heterocycles. The van der Waals surface area contributed by atoms with Gasteiger partial charge in [0.1, 0.15) is 0 Å². The molecule has 0 aromatic carbocycles. The molecule has 0 amide bonds. The number of nitrogens with zero attached hydrogens (tertiary/aromatic N) is 1. The summed E-state index contributed by atoms with van der Waals surface area (Å²) in [4.78, 5) is 4.46. The third-order valence-electron chi connectivity index (χ3n) is 3.17. The van der Waals surface area contributed by atoms with Gasteiger partial charge in [0.05, 0.1) is 6.61 Å². The van der Waals surface area contributed by atoms with Crippen molar-refractivity contribution in [1.29, 1.82) is 0 Å². The van der Waals surface area contributed by atoms with E-state index in [9.17, 15) is 0 Å². The number of nitrogens with one attached hydrogen (secondary N) is 1. The van der Waals surface area contributed by atoms with Crippen molar-refractivity contribution in [3.63, 3.8) is 0 Å². The Kier molecular flexibility index (Phi) is 7.60. The van der Waals surface area contributed by atoms with Crippen molar-refractivity contribution in [1.82, 2.24) is 10.3 Å². The fourth-order valence-corrected chi connectivity index (χ4v) is 2.19. The molecule has 1 N–H and O–H groups in total. The van der Waals surface area contributed by atoms with Gasteiger partial charge in [-0.25, -0.2) is 4.98 Å². The van der Waals surface area contributed by atoms with Crippen molar-refractivity contribution in [2.75, 3.05) is 13.2 Å². The lowest BCUT2D eigenvalue weighted by Gasteiger charge is -2.13. The molecule has 1 rings (SSSR count). The number of hydrogen-bond donors (Lipinski definition) is 1. The molecule has 1 aromatic heterocycles. The molecule has 0 bridgehead atoms. The van der Waals surface area contributed by atoms with Crippen molar-refractivity contribution in [3.05, 3.63) is 23.4 Å². The zero-order valence-corrected chi connectivity index (χ0v) is 13.7. The average Bonchev–Trinajstić information content (AvgIpc) is 2.36. The number of rotatable bonds is 9. The van der Waals surface area contributed by atoms with E-state index in [0.29, 0.717) is 11.8 Å². The Bertz CT molecular complexity index is 391. The molecule has 1 aromatic rings. The number of aryl methyl sites for hydroxylation is 1. The molecule has 0 radical (unpaired) electrons. The first kappa shape index (κ1) is 17.0. The summed E-state index contributed by atoms with van der Waals surface area (Å²) in [6.07, 6.45) is 2.41. The van der Waals surface area contributed by atoms with Crippen molar-refractivity contribution in [3.8, 4) is 5.88 Å². The molecule has 1 unspecified atom stereocenters. The minimum absolute atomic E-state index is 0.588. The van der Waals surface area contributed by atoms with Crippen LogP contribution in [0.5, 0.6) is 5.88 Å². The summed E-state index contributed by atoms with van der Waals surface area (Å²) in [5.74, 6) is 2.02. The molecule has 1 atom stereocenters. The van der Waals surface area contributed by atoms with Gasteiger partial charge in [-0.3, -0.25) is 0 Å². The first-order valence-electron chi connectivity index (χ1n) is 7.82. The molecule has 0 aliphatic carbocycles. The van der Waals surface area contributed by atoms with E-state index >= 15 is 0 Å². The van der Waals surface area contributed by atoms with Gasteiger partial charge in [0.15, 0.2) is 0 Å². The van der Waals surface area contributed by atoms with E-state index in [2.05, 4.69) is 50.1 Å². The lowest BCUT2D eigenvalue weighted by atomic mass is 10.1. The smallest absolute Gasteiger partial charge is 0.213 e. The Morgan fingerprint density at radius 1 is 1.25 bits per heavy atom. The van der Waals surface area contributed by atoms with Crippen LogP contribution in [0.3, 0.4) is 0 Å². The summed E-state index contributed by atoms with van der Waals surface area (Å²) < 4.78 is 5.83. The molecule has 114 valence electrons. The number of aromatic nitrogens is 1. The summed E-state index contributed by atoms with van der Waals surface area (Å²) in [6.45, 7) is 13.6. The molecule has 0 aliphatic rings. The number of hydrogen-bond acceptors (Lipinski definition) is 3. The van der Waals surface area contributed by atoms with Crippen molar-refractivity contribution in [2.45, 2.75) is 54.0 Å². The van der Waals surface area contributed by atoms with E-state index in [1.165, 1.54) is 18.4 Å². The lowest BCUT2D eigenvalue weighted by Crippen LogP contribution is -2.19. The topological polar surface area (TPSA) is 34.1 Å². The maximum atomic E-state index is 5.83. The molecule has 0 aliphatic heterocycles. The molecular formula is C17H30N2O. The Labute approximate surface area is 124 Å². The van der Waals surface area contributed by atoms with Gasteiger partial charge in [-0.05, 0) is 43.4 Å². The molecule has 0 saturated carbocycles. The second kappa shape index (κ2) is 8.96. The maximum Gasteiger partial charge on any atom is 0.213 e. The molecule has 3 nitrogen and oxygen atoms in total. The Morgan fingerprint density at radius 2 is 2.00 bits per heavy atom. The van der Waals surface area contributed by atoms with Crippen LogP contribution in [-0.4, -0.2) is 18.1 Å². The van der Waals surface area contributed by atoms with Crippen LogP contribution in [0.2, 0.25) is 0 Å². The molecule has 3 heteroatoms. The highest BCUT2D eigenvalue weighted by molar-refractivity contribution is 5.24. The largest absolute Gasteiger partial charge is 0.477 e. The average molecular weight is 278 g/mol. The van der Waals surface area contributed by atoms with Crippen LogP contribution in [0.25, 0.3) is 0 Å². The van der Waals surface area contributed by atoms with Gasteiger partial charge >= 0.3 is 0 Å². The van der Waals surface area contributed by atoms with Crippen LogP contribution < -0.4 is 10.1 Å². The van der Waals surface area contributed by atoms with Gasteiger partial charge < -0.3 is 10.1 Å². The summed E-state index contributed by atoms with van der Waals surface area (Å²) in [6, 6.07) is 4.18. The highest BCUT2D eigenvalue weighted by atomic mass is 16.5. The predicted octanol–water partition coefficient (Wildman–Crippen LogP) is 3.95. The van der Waals surface area contributed by atoms with E-state index in [1.54, 1.807) is 0 Å². The molecule has 20 heavy (non-hydrogen) atoms. The second-order valence-electron chi connectivity index (χ2n) is 6.18. The minimum Gasteiger partial charge on any atom is -0.477 e. The fraction of sp³-hybridized carbons (Fsp3) is 0.706.